The Morgan fingerprint density at radius 3 is 3.07 bits per heavy atom. The van der Waals surface area contributed by atoms with Gasteiger partial charge in [0.2, 0.25) is 0 Å². The molecule has 0 aliphatic carbocycles. The van der Waals surface area contributed by atoms with E-state index in [1.54, 1.807) is 0 Å². The minimum atomic E-state index is 0.644. The number of hydrogen-bond donors (Lipinski definition) is 1. The highest BCUT2D eigenvalue weighted by Crippen LogP contribution is 2.11. The Labute approximate surface area is 87.2 Å². The molecular weight excluding hydrogens is 178 g/mol. The van der Waals surface area contributed by atoms with E-state index in [1.807, 2.05) is 0 Å². The highest BCUT2D eigenvalue weighted by molar-refractivity contribution is 4.62. The molecule has 1 fully saturated rings. The SMILES string of the molecule is CCCCNCCOCC1CCOC1. The Morgan fingerprint density at radius 1 is 1.43 bits per heavy atom. The highest BCUT2D eigenvalue weighted by Gasteiger charge is 2.14. The van der Waals surface area contributed by atoms with Crippen molar-refractivity contribution >= 4 is 0 Å². The smallest absolute Gasteiger partial charge is 0.0591 e. The molecule has 0 amide bonds. The molecule has 1 unspecified atom stereocenters. The zero-order valence-corrected chi connectivity index (χ0v) is 9.26. The zero-order chi connectivity index (χ0) is 10.1. The van der Waals surface area contributed by atoms with Gasteiger partial charge in [-0.3, -0.25) is 0 Å². The van der Waals surface area contributed by atoms with Gasteiger partial charge in [0.15, 0.2) is 0 Å². The number of nitrogens with one attached hydrogen (secondary N) is 1. The third-order valence-electron chi connectivity index (χ3n) is 2.51. The molecule has 1 aliphatic heterocycles. The fraction of sp³-hybridized carbons (Fsp3) is 1.00. The van der Waals surface area contributed by atoms with Crippen molar-refractivity contribution in [1.29, 1.82) is 0 Å². The molecule has 0 aromatic heterocycles. The van der Waals surface area contributed by atoms with Crippen molar-refractivity contribution in [3.8, 4) is 0 Å². The molecule has 14 heavy (non-hydrogen) atoms. The Bertz CT molecular complexity index is 124. The van der Waals surface area contributed by atoms with Crippen LogP contribution in [0.15, 0.2) is 0 Å². The van der Waals surface area contributed by atoms with Gasteiger partial charge in [-0.15, -0.1) is 0 Å². The van der Waals surface area contributed by atoms with E-state index < -0.39 is 0 Å². The van der Waals surface area contributed by atoms with Crippen LogP contribution in [0.4, 0.5) is 0 Å². The first-order valence-corrected chi connectivity index (χ1v) is 5.79. The van der Waals surface area contributed by atoms with Crippen LogP contribution in [0.1, 0.15) is 26.2 Å². The summed E-state index contributed by atoms with van der Waals surface area (Å²) >= 11 is 0. The fourth-order valence-electron chi connectivity index (χ4n) is 1.54. The summed E-state index contributed by atoms with van der Waals surface area (Å²) in [6.45, 7) is 7.82. The van der Waals surface area contributed by atoms with Gasteiger partial charge in [-0.05, 0) is 19.4 Å². The van der Waals surface area contributed by atoms with E-state index in [-0.39, 0.29) is 0 Å². The second-order valence-corrected chi connectivity index (χ2v) is 3.91. The van der Waals surface area contributed by atoms with Crippen molar-refractivity contribution in [3.63, 3.8) is 0 Å². The summed E-state index contributed by atoms with van der Waals surface area (Å²) in [5.41, 5.74) is 0. The van der Waals surface area contributed by atoms with E-state index in [4.69, 9.17) is 9.47 Å². The second kappa shape index (κ2) is 8.21. The van der Waals surface area contributed by atoms with E-state index in [0.717, 1.165) is 39.5 Å². The molecule has 3 heteroatoms. The third-order valence-corrected chi connectivity index (χ3v) is 2.51. The van der Waals surface area contributed by atoms with Gasteiger partial charge in [0, 0.05) is 19.1 Å². The molecule has 0 saturated carbocycles. The molecule has 0 aromatic rings. The van der Waals surface area contributed by atoms with Crippen LogP contribution in [0.3, 0.4) is 0 Å². The van der Waals surface area contributed by atoms with Crippen LogP contribution < -0.4 is 5.32 Å². The van der Waals surface area contributed by atoms with Crippen LogP contribution in [0.25, 0.3) is 0 Å². The molecule has 0 bridgehead atoms. The van der Waals surface area contributed by atoms with E-state index in [9.17, 15) is 0 Å². The topological polar surface area (TPSA) is 30.5 Å². The van der Waals surface area contributed by atoms with E-state index in [2.05, 4.69) is 12.2 Å². The predicted octanol–water partition coefficient (Wildman–Crippen LogP) is 1.43. The van der Waals surface area contributed by atoms with Gasteiger partial charge in [0.25, 0.3) is 0 Å². The Balaban J connectivity index is 1.75. The largest absolute Gasteiger partial charge is 0.381 e. The summed E-state index contributed by atoms with van der Waals surface area (Å²) in [4.78, 5) is 0. The number of hydrogen-bond acceptors (Lipinski definition) is 3. The lowest BCUT2D eigenvalue weighted by Crippen LogP contribution is -2.22. The van der Waals surface area contributed by atoms with Crippen LogP contribution in [0, 0.1) is 5.92 Å². The van der Waals surface area contributed by atoms with Crippen LogP contribution in [0.5, 0.6) is 0 Å². The summed E-state index contributed by atoms with van der Waals surface area (Å²) in [6, 6.07) is 0. The Kier molecular flexibility index (Phi) is 7.01. The molecule has 1 atom stereocenters. The Hall–Kier alpha value is -0.120. The molecule has 0 spiro atoms. The average molecular weight is 201 g/mol. The van der Waals surface area contributed by atoms with E-state index >= 15 is 0 Å². The molecule has 1 aliphatic rings. The van der Waals surface area contributed by atoms with Crippen molar-refractivity contribution in [2.24, 2.45) is 5.92 Å². The minimum absolute atomic E-state index is 0.644. The van der Waals surface area contributed by atoms with Gasteiger partial charge in [-0.1, -0.05) is 13.3 Å². The monoisotopic (exact) mass is 201 g/mol. The van der Waals surface area contributed by atoms with Crippen LogP contribution in [-0.2, 0) is 9.47 Å². The zero-order valence-electron chi connectivity index (χ0n) is 9.26. The number of rotatable bonds is 8. The lowest BCUT2D eigenvalue weighted by Gasteiger charge is -2.09. The molecule has 1 heterocycles. The quantitative estimate of drug-likeness (QED) is 0.603. The van der Waals surface area contributed by atoms with Crippen LogP contribution >= 0.6 is 0 Å². The van der Waals surface area contributed by atoms with Crippen molar-refractivity contribution < 1.29 is 9.47 Å². The van der Waals surface area contributed by atoms with Gasteiger partial charge >= 0.3 is 0 Å². The van der Waals surface area contributed by atoms with Gasteiger partial charge in [-0.25, -0.2) is 0 Å². The van der Waals surface area contributed by atoms with Gasteiger partial charge in [0.1, 0.15) is 0 Å². The van der Waals surface area contributed by atoms with Gasteiger partial charge in [-0.2, -0.15) is 0 Å². The molecular formula is C11H23NO2. The summed E-state index contributed by atoms with van der Waals surface area (Å²) in [5.74, 6) is 0.644. The van der Waals surface area contributed by atoms with Crippen LogP contribution in [-0.4, -0.2) is 39.5 Å². The fourth-order valence-corrected chi connectivity index (χ4v) is 1.54. The van der Waals surface area contributed by atoms with Crippen molar-refractivity contribution in [2.45, 2.75) is 26.2 Å². The third kappa shape index (κ3) is 5.58. The van der Waals surface area contributed by atoms with Gasteiger partial charge in [0.05, 0.1) is 19.8 Å². The van der Waals surface area contributed by atoms with Crippen molar-refractivity contribution in [3.05, 3.63) is 0 Å². The maximum atomic E-state index is 5.56. The van der Waals surface area contributed by atoms with Crippen LogP contribution in [0.2, 0.25) is 0 Å². The first kappa shape index (κ1) is 12.0. The van der Waals surface area contributed by atoms with Crippen molar-refractivity contribution in [2.75, 3.05) is 39.5 Å². The maximum Gasteiger partial charge on any atom is 0.0591 e. The van der Waals surface area contributed by atoms with E-state index in [0.29, 0.717) is 5.92 Å². The molecule has 0 radical (unpaired) electrons. The van der Waals surface area contributed by atoms with Gasteiger partial charge < -0.3 is 14.8 Å². The first-order valence-electron chi connectivity index (χ1n) is 5.79. The number of ether oxygens (including phenoxy) is 2. The summed E-state index contributed by atoms with van der Waals surface area (Å²) in [7, 11) is 0. The highest BCUT2D eigenvalue weighted by atomic mass is 16.5. The Morgan fingerprint density at radius 2 is 2.36 bits per heavy atom. The molecule has 0 aromatic carbocycles. The normalized spacial score (nSPS) is 21.6. The molecule has 1 rings (SSSR count). The maximum absolute atomic E-state index is 5.56. The lowest BCUT2D eigenvalue weighted by atomic mass is 10.1. The molecule has 84 valence electrons. The molecule has 3 nitrogen and oxygen atoms in total. The van der Waals surface area contributed by atoms with E-state index in [1.165, 1.54) is 19.3 Å². The second-order valence-electron chi connectivity index (χ2n) is 3.91. The minimum Gasteiger partial charge on any atom is -0.381 e. The first-order chi connectivity index (χ1) is 6.93. The lowest BCUT2D eigenvalue weighted by molar-refractivity contribution is 0.0914. The summed E-state index contributed by atoms with van der Waals surface area (Å²) < 4.78 is 10.8. The molecule has 1 saturated heterocycles. The molecule has 1 N–H and O–H groups in total. The summed E-state index contributed by atoms with van der Waals surface area (Å²) in [6.07, 6.45) is 3.69. The van der Waals surface area contributed by atoms with Crippen molar-refractivity contribution in [1.82, 2.24) is 5.32 Å². The summed E-state index contributed by atoms with van der Waals surface area (Å²) in [5, 5.41) is 3.36. The average Bonchev–Trinajstić information content (AvgIpc) is 2.69. The predicted molar refractivity (Wildman–Crippen MR) is 57.5 cm³/mol. The number of unbranched alkanes of at least 4 members (excludes halogenated alkanes) is 1. The standard InChI is InChI=1S/C11H23NO2/c1-2-3-5-12-6-8-14-10-11-4-7-13-9-11/h11-12H,2-10H2,1H3.